The van der Waals surface area contributed by atoms with E-state index < -0.39 is 0 Å². The van der Waals surface area contributed by atoms with E-state index in [4.69, 9.17) is 0 Å². The Hall–Kier alpha value is -0.610. The zero-order valence-electron chi connectivity index (χ0n) is 13.4. The van der Waals surface area contributed by atoms with Crippen molar-refractivity contribution in [3.63, 3.8) is 0 Å². The van der Waals surface area contributed by atoms with Crippen molar-refractivity contribution in [3.8, 4) is 0 Å². The van der Waals surface area contributed by atoms with Gasteiger partial charge >= 0.3 is 0 Å². The third-order valence-corrected chi connectivity index (χ3v) is 5.13. The number of nitrogens with one attached hydrogen (secondary N) is 2. The van der Waals surface area contributed by atoms with E-state index in [2.05, 4.69) is 36.3 Å². The van der Waals surface area contributed by atoms with Crippen LogP contribution in [0.15, 0.2) is 0 Å². The van der Waals surface area contributed by atoms with Crippen LogP contribution in [0.2, 0.25) is 0 Å². The molecule has 0 bridgehead atoms. The van der Waals surface area contributed by atoms with Crippen LogP contribution in [0.4, 0.5) is 0 Å². The molecule has 0 aliphatic carbocycles. The Morgan fingerprint density at radius 1 is 1.30 bits per heavy atom. The summed E-state index contributed by atoms with van der Waals surface area (Å²) in [5.41, 5.74) is -0.299. The summed E-state index contributed by atoms with van der Waals surface area (Å²) in [5, 5.41) is 6.65. The maximum Gasteiger partial charge on any atom is 0.240 e. The molecular weight excluding hydrogens is 250 g/mol. The van der Waals surface area contributed by atoms with Crippen molar-refractivity contribution in [3.05, 3.63) is 0 Å². The van der Waals surface area contributed by atoms with Crippen molar-refractivity contribution >= 4 is 5.91 Å². The van der Waals surface area contributed by atoms with Crippen molar-refractivity contribution in [2.24, 2.45) is 5.92 Å². The Bertz CT molecular complexity index is 318. The van der Waals surface area contributed by atoms with Gasteiger partial charge < -0.3 is 10.6 Å². The summed E-state index contributed by atoms with van der Waals surface area (Å²) in [7, 11) is 0. The van der Waals surface area contributed by atoms with Gasteiger partial charge in [0.05, 0.1) is 5.54 Å². The number of amides is 1. The summed E-state index contributed by atoms with van der Waals surface area (Å²) in [5.74, 6) is 0.796. The fourth-order valence-electron chi connectivity index (χ4n) is 3.69. The third-order valence-electron chi connectivity index (χ3n) is 5.13. The topological polar surface area (TPSA) is 44.4 Å². The monoisotopic (exact) mass is 281 g/mol. The Kier molecular flexibility index (Phi) is 5.44. The number of likely N-dealkylation sites (tertiary alicyclic amines) is 1. The van der Waals surface area contributed by atoms with Gasteiger partial charge in [0.15, 0.2) is 0 Å². The molecule has 4 nitrogen and oxygen atoms in total. The normalized spacial score (nSPS) is 29.0. The van der Waals surface area contributed by atoms with Gasteiger partial charge in [0, 0.05) is 12.6 Å². The van der Waals surface area contributed by atoms with Crippen LogP contribution in [0, 0.1) is 5.92 Å². The quantitative estimate of drug-likeness (QED) is 0.780. The molecule has 2 aliphatic heterocycles. The lowest BCUT2D eigenvalue weighted by Gasteiger charge is -2.33. The van der Waals surface area contributed by atoms with Gasteiger partial charge in [-0.25, -0.2) is 0 Å². The summed E-state index contributed by atoms with van der Waals surface area (Å²) >= 11 is 0. The van der Waals surface area contributed by atoms with Crippen LogP contribution in [0.25, 0.3) is 0 Å². The molecule has 2 rings (SSSR count). The minimum Gasteiger partial charge on any atom is -0.353 e. The average Bonchev–Trinajstić information content (AvgIpc) is 3.10. The van der Waals surface area contributed by atoms with Crippen LogP contribution in [0.3, 0.4) is 0 Å². The highest BCUT2D eigenvalue weighted by molar-refractivity contribution is 5.86. The lowest BCUT2D eigenvalue weighted by Crippen LogP contribution is -2.56. The van der Waals surface area contributed by atoms with Gasteiger partial charge in [-0.15, -0.1) is 0 Å². The Morgan fingerprint density at radius 3 is 2.50 bits per heavy atom. The summed E-state index contributed by atoms with van der Waals surface area (Å²) < 4.78 is 0. The zero-order valence-corrected chi connectivity index (χ0v) is 13.4. The molecular formula is C16H31N3O. The van der Waals surface area contributed by atoms with Crippen LogP contribution in [-0.2, 0) is 4.79 Å². The highest BCUT2D eigenvalue weighted by atomic mass is 16.2. The molecule has 0 saturated carbocycles. The van der Waals surface area contributed by atoms with E-state index in [1.807, 2.05) is 0 Å². The molecule has 2 N–H and O–H groups in total. The van der Waals surface area contributed by atoms with Crippen LogP contribution in [-0.4, -0.2) is 48.6 Å². The molecule has 0 aromatic heterocycles. The van der Waals surface area contributed by atoms with Crippen molar-refractivity contribution in [1.82, 2.24) is 15.5 Å². The Labute approximate surface area is 123 Å². The van der Waals surface area contributed by atoms with Gasteiger partial charge in [0.1, 0.15) is 0 Å². The van der Waals surface area contributed by atoms with E-state index >= 15 is 0 Å². The minimum absolute atomic E-state index is 0.211. The van der Waals surface area contributed by atoms with E-state index in [-0.39, 0.29) is 11.4 Å². The van der Waals surface area contributed by atoms with Gasteiger partial charge in [-0.2, -0.15) is 0 Å². The first-order chi connectivity index (χ1) is 9.59. The molecule has 2 fully saturated rings. The fraction of sp³-hybridized carbons (Fsp3) is 0.938. The third kappa shape index (κ3) is 3.34. The Balaban J connectivity index is 1.89. The summed E-state index contributed by atoms with van der Waals surface area (Å²) in [6, 6.07) is 0.483. The van der Waals surface area contributed by atoms with Gasteiger partial charge in [-0.05, 0) is 57.7 Å². The molecule has 4 heteroatoms. The largest absolute Gasteiger partial charge is 0.353 e. The zero-order chi connectivity index (χ0) is 14.6. The number of nitrogens with zero attached hydrogens (tertiary/aromatic N) is 1. The second kappa shape index (κ2) is 6.90. The van der Waals surface area contributed by atoms with Gasteiger partial charge in [-0.3, -0.25) is 9.69 Å². The lowest BCUT2D eigenvalue weighted by molar-refractivity contribution is -0.127. The molecule has 0 radical (unpaired) electrons. The van der Waals surface area contributed by atoms with Gasteiger partial charge in [-0.1, -0.05) is 20.8 Å². The molecule has 0 spiro atoms. The van der Waals surface area contributed by atoms with Crippen molar-refractivity contribution in [2.45, 2.75) is 64.5 Å². The van der Waals surface area contributed by atoms with E-state index in [1.54, 1.807) is 0 Å². The number of hydrogen-bond donors (Lipinski definition) is 2. The summed E-state index contributed by atoms with van der Waals surface area (Å²) in [6.45, 7) is 10.8. The van der Waals surface area contributed by atoms with Crippen LogP contribution >= 0.6 is 0 Å². The summed E-state index contributed by atoms with van der Waals surface area (Å²) in [4.78, 5) is 15.1. The molecule has 20 heavy (non-hydrogen) atoms. The number of rotatable bonds is 6. The molecule has 0 aromatic carbocycles. The van der Waals surface area contributed by atoms with Gasteiger partial charge in [0.2, 0.25) is 5.91 Å². The number of carbonyl (C=O) groups excluding carboxylic acids is 1. The molecule has 2 saturated heterocycles. The highest BCUT2D eigenvalue weighted by Gasteiger charge is 2.39. The molecule has 2 atom stereocenters. The van der Waals surface area contributed by atoms with E-state index in [9.17, 15) is 4.79 Å². The average molecular weight is 281 g/mol. The maximum absolute atomic E-state index is 12.5. The first-order valence-electron chi connectivity index (χ1n) is 8.36. The predicted octanol–water partition coefficient (Wildman–Crippen LogP) is 1.76. The molecule has 2 heterocycles. The first-order valence-corrected chi connectivity index (χ1v) is 8.36. The minimum atomic E-state index is -0.299. The van der Waals surface area contributed by atoms with E-state index in [0.29, 0.717) is 12.0 Å². The van der Waals surface area contributed by atoms with Gasteiger partial charge in [0.25, 0.3) is 0 Å². The molecule has 116 valence electrons. The molecule has 1 amide bonds. The Morgan fingerprint density at radius 2 is 2.00 bits per heavy atom. The van der Waals surface area contributed by atoms with Crippen LogP contribution in [0.1, 0.15) is 52.9 Å². The van der Waals surface area contributed by atoms with Crippen molar-refractivity contribution in [1.29, 1.82) is 0 Å². The predicted molar refractivity (Wildman–Crippen MR) is 82.7 cm³/mol. The summed E-state index contributed by atoms with van der Waals surface area (Å²) in [6.07, 6.45) is 5.58. The smallest absolute Gasteiger partial charge is 0.240 e. The van der Waals surface area contributed by atoms with E-state index in [0.717, 1.165) is 32.4 Å². The number of carbonyl (C=O) groups is 1. The first kappa shape index (κ1) is 15.8. The fourth-order valence-corrected chi connectivity index (χ4v) is 3.69. The van der Waals surface area contributed by atoms with Crippen LogP contribution < -0.4 is 10.6 Å². The molecule has 2 aliphatic rings. The molecule has 2 unspecified atom stereocenters. The van der Waals surface area contributed by atoms with E-state index in [1.165, 1.54) is 25.9 Å². The maximum atomic E-state index is 12.5. The van der Waals surface area contributed by atoms with Crippen LogP contribution in [0.5, 0.6) is 0 Å². The SMILES string of the molecule is CCC1(C(=O)NCC(C(C)C)N2CCCC2)CCCN1. The van der Waals surface area contributed by atoms with Crippen molar-refractivity contribution in [2.75, 3.05) is 26.2 Å². The van der Waals surface area contributed by atoms with Crippen molar-refractivity contribution < 1.29 is 4.79 Å². The molecule has 0 aromatic rings. The second-order valence-electron chi connectivity index (χ2n) is 6.73. The lowest BCUT2D eigenvalue weighted by atomic mass is 9.92. The second-order valence-corrected chi connectivity index (χ2v) is 6.73. The number of hydrogen-bond acceptors (Lipinski definition) is 3. The highest BCUT2D eigenvalue weighted by Crippen LogP contribution is 2.23. The standard InChI is InChI=1S/C16H31N3O/c1-4-16(8-7-9-18-16)15(20)17-12-14(13(2)3)19-10-5-6-11-19/h13-14,18H,4-12H2,1-3H3,(H,17,20).